The summed E-state index contributed by atoms with van der Waals surface area (Å²) >= 11 is 3.35. The summed E-state index contributed by atoms with van der Waals surface area (Å²) in [6.07, 6.45) is 2.13. The van der Waals surface area contributed by atoms with Crippen molar-refractivity contribution < 1.29 is 13.2 Å². The Morgan fingerprint density at radius 1 is 1.00 bits per heavy atom. The van der Waals surface area contributed by atoms with E-state index in [2.05, 4.69) is 21.2 Å². The highest BCUT2D eigenvalue weighted by Crippen LogP contribution is 2.24. The first-order chi connectivity index (χ1) is 7.52. The van der Waals surface area contributed by atoms with Gasteiger partial charge in [-0.25, -0.2) is 0 Å². The zero-order chi connectivity index (χ0) is 12.4. The number of rotatable bonds is 9. The van der Waals surface area contributed by atoms with Crippen molar-refractivity contribution in [3.8, 4) is 0 Å². The van der Waals surface area contributed by atoms with Gasteiger partial charge >= 0.3 is 6.18 Å². The lowest BCUT2D eigenvalue weighted by molar-refractivity contribution is -0.156. The average molecular weight is 304 g/mol. The van der Waals surface area contributed by atoms with E-state index in [1.165, 1.54) is 13.5 Å². The van der Waals surface area contributed by atoms with E-state index in [1.807, 2.05) is 0 Å². The zero-order valence-electron chi connectivity index (χ0n) is 9.75. The first-order valence-corrected chi connectivity index (χ1v) is 6.94. The predicted octanol–water partition coefficient (Wildman–Crippen LogP) is 4.26. The molecule has 0 radical (unpaired) electrons. The third-order valence-electron chi connectivity index (χ3n) is 2.62. The summed E-state index contributed by atoms with van der Waals surface area (Å²) in [5.41, 5.74) is 0. The van der Waals surface area contributed by atoms with Crippen molar-refractivity contribution in [3.05, 3.63) is 0 Å². The molecule has 0 aliphatic heterocycles. The van der Waals surface area contributed by atoms with Crippen molar-refractivity contribution in [1.82, 2.24) is 5.32 Å². The first-order valence-electron chi connectivity index (χ1n) is 5.82. The minimum absolute atomic E-state index is 0.193. The maximum Gasteiger partial charge on any atom is 0.403 e. The highest BCUT2D eigenvalue weighted by Gasteiger charge is 2.37. The quantitative estimate of drug-likeness (QED) is 0.496. The predicted molar refractivity (Wildman–Crippen MR) is 65.0 cm³/mol. The third kappa shape index (κ3) is 8.39. The van der Waals surface area contributed by atoms with E-state index < -0.39 is 12.2 Å². The fourth-order valence-electron chi connectivity index (χ4n) is 1.62. The van der Waals surface area contributed by atoms with Gasteiger partial charge in [0.05, 0.1) is 0 Å². The Hall–Kier alpha value is 0.230. The molecule has 1 nitrogen and oxygen atoms in total. The Bertz CT molecular complexity index is 162. The summed E-state index contributed by atoms with van der Waals surface area (Å²) in [5.74, 6) is 0. The molecular formula is C11H21BrF3N. The maximum absolute atomic E-state index is 12.3. The van der Waals surface area contributed by atoms with E-state index in [0.29, 0.717) is 6.42 Å². The van der Waals surface area contributed by atoms with Gasteiger partial charge in [-0.2, -0.15) is 13.2 Å². The highest BCUT2D eigenvalue weighted by molar-refractivity contribution is 9.09. The van der Waals surface area contributed by atoms with Crippen LogP contribution in [0.15, 0.2) is 0 Å². The molecule has 1 unspecified atom stereocenters. The fourth-order valence-corrected chi connectivity index (χ4v) is 2.02. The summed E-state index contributed by atoms with van der Waals surface area (Å²) in [4.78, 5) is 0. The topological polar surface area (TPSA) is 12.0 Å². The molecule has 0 amide bonds. The number of unbranched alkanes of at least 4 members (excludes halogenated alkanes) is 5. The summed E-state index contributed by atoms with van der Waals surface area (Å²) in [7, 11) is 1.37. The molecule has 0 spiro atoms. The minimum atomic E-state index is -4.11. The average Bonchev–Trinajstić information content (AvgIpc) is 2.20. The molecule has 0 aromatic heterocycles. The Labute approximate surface area is 104 Å². The van der Waals surface area contributed by atoms with E-state index >= 15 is 0 Å². The van der Waals surface area contributed by atoms with Crippen LogP contribution in [-0.2, 0) is 0 Å². The van der Waals surface area contributed by atoms with Crippen LogP contribution in [0.3, 0.4) is 0 Å². The largest absolute Gasteiger partial charge is 0.403 e. The number of halogens is 4. The lowest BCUT2D eigenvalue weighted by atomic mass is 10.1. The van der Waals surface area contributed by atoms with Gasteiger partial charge in [0, 0.05) is 5.33 Å². The zero-order valence-corrected chi connectivity index (χ0v) is 11.3. The van der Waals surface area contributed by atoms with E-state index in [9.17, 15) is 13.2 Å². The molecule has 1 N–H and O–H groups in total. The molecular weight excluding hydrogens is 283 g/mol. The van der Waals surface area contributed by atoms with Crippen LogP contribution in [0, 0.1) is 0 Å². The first kappa shape index (κ1) is 16.2. The molecule has 0 aromatic rings. The van der Waals surface area contributed by atoms with Crippen LogP contribution in [0.2, 0.25) is 0 Å². The molecule has 0 rings (SSSR count). The SMILES string of the molecule is CNC(CCCCCCCCBr)C(F)(F)F. The molecule has 0 saturated heterocycles. The van der Waals surface area contributed by atoms with Crippen LogP contribution < -0.4 is 5.32 Å². The number of hydrogen-bond acceptors (Lipinski definition) is 1. The van der Waals surface area contributed by atoms with E-state index in [4.69, 9.17) is 0 Å². The minimum Gasteiger partial charge on any atom is -0.309 e. The molecule has 0 bridgehead atoms. The van der Waals surface area contributed by atoms with Gasteiger partial charge in [0.2, 0.25) is 0 Å². The number of alkyl halides is 4. The van der Waals surface area contributed by atoms with Crippen molar-refractivity contribution in [3.63, 3.8) is 0 Å². The van der Waals surface area contributed by atoms with Crippen LogP contribution in [0.5, 0.6) is 0 Å². The molecule has 16 heavy (non-hydrogen) atoms. The number of hydrogen-bond donors (Lipinski definition) is 1. The fraction of sp³-hybridized carbons (Fsp3) is 1.00. The van der Waals surface area contributed by atoms with Crippen molar-refractivity contribution in [1.29, 1.82) is 0 Å². The standard InChI is InChI=1S/C11H21BrF3N/c1-16-10(11(13,14)15)8-6-4-2-3-5-7-9-12/h10,16H,2-9H2,1H3. The van der Waals surface area contributed by atoms with Gasteiger partial charge in [0.1, 0.15) is 6.04 Å². The summed E-state index contributed by atoms with van der Waals surface area (Å²) in [5, 5.41) is 3.34. The molecule has 0 aliphatic rings. The van der Waals surface area contributed by atoms with Gasteiger partial charge in [-0.15, -0.1) is 0 Å². The van der Waals surface area contributed by atoms with E-state index in [0.717, 1.165) is 31.0 Å². The molecule has 5 heteroatoms. The van der Waals surface area contributed by atoms with E-state index in [1.54, 1.807) is 0 Å². The molecule has 0 heterocycles. The van der Waals surface area contributed by atoms with Crippen LogP contribution in [0.25, 0.3) is 0 Å². The molecule has 0 saturated carbocycles. The molecule has 0 aromatic carbocycles. The normalized spacial score (nSPS) is 14.1. The van der Waals surface area contributed by atoms with E-state index in [-0.39, 0.29) is 6.42 Å². The van der Waals surface area contributed by atoms with Crippen LogP contribution in [0.1, 0.15) is 44.9 Å². The van der Waals surface area contributed by atoms with Crippen molar-refractivity contribution in [2.24, 2.45) is 0 Å². The van der Waals surface area contributed by atoms with Gasteiger partial charge < -0.3 is 5.32 Å². The second-order valence-electron chi connectivity index (χ2n) is 3.98. The Kier molecular flexibility index (Phi) is 9.41. The van der Waals surface area contributed by atoms with Gasteiger partial charge in [-0.3, -0.25) is 0 Å². The smallest absolute Gasteiger partial charge is 0.309 e. The lowest BCUT2D eigenvalue weighted by Gasteiger charge is -2.19. The summed E-state index contributed by atoms with van der Waals surface area (Å²) in [6, 6.07) is -1.34. The second kappa shape index (κ2) is 9.28. The maximum atomic E-state index is 12.3. The molecule has 98 valence electrons. The van der Waals surface area contributed by atoms with Gasteiger partial charge in [0.25, 0.3) is 0 Å². The third-order valence-corrected chi connectivity index (χ3v) is 3.18. The Morgan fingerprint density at radius 2 is 1.50 bits per heavy atom. The van der Waals surface area contributed by atoms with Gasteiger partial charge in [-0.1, -0.05) is 48.0 Å². The van der Waals surface area contributed by atoms with Crippen molar-refractivity contribution >= 4 is 15.9 Å². The lowest BCUT2D eigenvalue weighted by Crippen LogP contribution is -2.39. The summed E-state index contributed by atoms with van der Waals surface area (Å²) < 4.78 is 37.0. The van der Waals surface area contributed by atoms with Gasteiger partial charge in [0.15, 0.2) is 0 Å². The van der Waals surface area contributed by atoms with Crippen molar-refractivity contribution in [2.75, 3.05) is 12.4 Å². The van der Waals surface area contributed by atoms with Crippen LogP contribution in [-0.4, -0.2) is 24.6 Å². The van der Waals surface area contributed by atoms with Crippen molar-refractivity contribution in [2.45, 2.75) is 57.2 Å². The monoisotopic (exact) mass is 303 g/mol. The van der Waals surface area contributed by atoms with Crippen LogP contribution in [0.4, 0.5) is 13.2 Å². The Morgan fingerprint density at radius 3 is 1.94 bits per heavy atom. The summed E-state index contributed by atoms with van der Waals surface area (Å²) in [6.45, 7) is 0. The van der Waals surface area contributed by atoms with Crippen LogP contribution >= 0.6 is 15.9 Å². The number of nitrogens with one attached hydrogen (secondary N) is 1. The molecule has 0 aliphatic carbocycles. The molecule has 0 fully saturated rings. The van der Waals surface area contributed by atoms with Gasteiger partial charge in [-0.05, 0) is 19.9 Å². The molecule has 1 atom stereocenters. The highest BCUT2D eigenvalue weighted by atomic mass is 79.9. The Balaban J connectivity index is 3.42. The second-order valence-corrected chi connectivity index (χ2v) is 4.77.